The first-order valence-electron chi connectivity index (χ1n) is 6.03. The van der Waals surface area contributed by atoms with Crippen LogP contribution in [0.3, 0.4) is 0 Å². The zero-order valence-electron chi connectivity index (χ0n) is 11.1. The fourth-order valence-corrected chi connectivity index (χ4v) is 1.78. The fourth-order valence-electron chi connectivity index (χ4n) is 1.78. The van der Waals surface area contributed by atoms with Gasteiger partial charge < -0.3 is 10.0 Å². The number of benzene rings is 1. The summed E-state index contributed by atoms with van der Waals surface area (Å²) in [5.74, 6) is -1.45. The quantitative estimate of drug-likeness (QED) is 0.632. The molecule has 0 radical (unpaired) electrons. The van der Waals surface area contributed by atoms with Crippen LogP contribution in [0.4, 0.5) is 10.1 Å². The Balaban J connectivity index is 3.13. The number of hydrogen-bond donors (Lipinski definition) is 1. The highest BCUT2D eigenvalue weighted by Gasteiger charge is 2.10. The van der Waals surface area contributed by atoms with Gasteiger partial charge in [0, 0.05) is 24.4 Å². The van der Waals surface area contributed by atoms with Gasteiger partial charge in [-0.15, -0.1) is 6.58 Å². The van der Waals surface area contributed by atoms with Gasteiger partial charge >= 0.3 is 5.97 Å². The van der Waals surface area contributed by atoms with E-state index in [4.69, 9.17) is 5.11 Å². The molecule has 0 fully saturated rings. The molecule has 0 aliphatic carbocycles. The zero-order chi connectivity index (χ0) is 14.4. The molecule has 1 aromatic rings. The van der Waals surface area contributed by atoms with Gasteiger partial charge in [0.2, 0.25) is 0 Å². The first-order chi connectivity index (χ1) is 8.93. The van der Waals surface area contributed by atoms with Crippen LogP contribution in [0.1, 0.15) is 19.4 Å². The molecule has 4 heteroatoms. The van der Waals surface area contributed by atoms with Crippen molar-refractivity contribution in [3.8, 4) is 0 Å². The van der Waals surface area contributed by atoms with E-state index in [1.165, 1.54) is 18.2 Å². The number of rotatable bonds is 6. The first-order valence-corrected chi connectivity index (χ1v) is 6.03. The molecule has 3 nitrogen and oxygen atoms in total. The van der Waals surface area contributed by atoms with Crippen LogP contribution in [0.2, 0.25) is 0 Å². The smallest absolute Gasteiger partial charge is 0.328 e. The maximum atomic E-state index is 13.6. The van der Waals surface area contributed by atoms with Crippen molar-refractivity contribution in [1.82, 2.24) is 0 Å². The fraction of sp³-hybridized carbons (Fsp3) is 0.267. The minimum Gasteiger partial charge on any atom is -0.478 e. The van der Waals surface area contributed by atoms with Gasteiger partial charge in [-0.3, -0.25) is 0 Å². The predicted octanol–water partition coefficient (Wildman–Crippen LogP) is 3.32. The average molecular weight is 263 g/mol. The Bertz CT molecular complexity index is 495. The summed E-state index contributed by atoms with van der Waals surface area (Å²) in [6.45, 7) is 8.29. The van der Waals surface area contributed by atoms with Crippen LogP contribution in [0.5, 0.6) is 0 Å². The first kappa shape index (κ1) is 15.0. The Kier molecular flexibility index (Phi) is 5.30. The van der Waals surface area contributed by atoms with Crippen LogP contribution in [-0.2, 0) is 4.79 Å². The van der Waals surface area contributed by atoms with E-state index in [1.807, 2.05) is 18.7 Å². The van der Waals surface area contributed by atoms with Crippen molar-refractivity contribution in [2.24, 2.45) is 0 Å². The second-order valence-corrected chi connectivity index (χ2v) is 4.45. The van der Waals surface area contributed by atoms with Crippen molar-refractivity contribution in [2.45, 2.75) is 19.9 Å². The van der Waals surface area contributed by atoms with E-state index in [-0.39, 0.29) is 6.04 Å². The number of halogens is 1. The van der Waals surface area contributed by atoms with Crippen molar-refractivity contribution in [3.05, 3.63) is 48.3 Å². The molecule has 0 saturated carbocycles. The third kappa shape index (κ3) is 4.58. The molecule has 1 N–H and O–H groups in total. The monoisotopic (exact) mass is 263 g/mol. The Morgan fingerprint density at radius 2 is 2.16 bits per heavy atom. The molecule has 0 bridgehead atoms. The molecule has 0 amide bonds. The van der Waals surface area contributed by atoms with Gasteiger partial charge in [-0.1, -0.05) is 6.08 Å². The minimum absolute atomic E-state index is 0.191. The lowest BCUT2D eigenvalue weighted by atomic mass is 10.1. The zero-order valence-corrected chi connectivity index (χ0v) is 11.1. The van der Waals surface area contributed by atoms with Crippen molar-refractivity contribution in [1.29, 1.82) is 0 Å². The van der Waals surface area contributed by atoms with E-state index in [9.17, 15) is 9.18 Å². The number of hydrogen-bond acceptors (Lipinski definition) is 2. The summed E-state index contributed by atoms with van der Waals surface area (Å²) >= 11 is 0. The summed E-state index contributed by atoms with van der Waals surface area (Å²) in [6.07, 6.45) is 4.12. The van der Waals surface area contributed by atoms with Gasteiger partial charge in [-0.25, -0.2) is 9.18 Å². The summed E-state index contributed by atoms with van der Waals surface area (Å²) in [4.78, 5) is 12.5. The maximum absolute atomic E-state index is 13.6. The molecule has 1 aromatic carbocycles. The molecule has 0 atom stereocenters. The number of aliphatic carboxylic acids is 1. The van der Waals surface area contributed by atoms with Crippen molar-refractivity contribution >= 4 is 17.7 Å². The third-order valence-corrected chi connectivity index (χ3v) is 2.60. The summed E-state index contributed by atoms with van der Waals surface area (Å²) in [7, 11) is 0. The highest BCUT2D eigenvalue weighted by Crippen LogP contribution is 2.21. The van der Waals surface area contributed by atoms with E-state index in [1.54, 1.807) is 12.1 Å². The van der Waals surface area contributed by atoms with Crippen LogP contribution >= 0.6 is 0 Å². The number of carbonyl (C=O) groups is 1. The Morgan fingerprint density at radius 1 is 1.47 bits per heavy atom. The molecule has 0 aliphatic rings. The highest BCUT2D eigenvalue weighted by atomic mass is 19.1. The van der Waals surface area contributed by atoms with Gasteiger partial charge in [0.1, 0.15) is 5.82 Å². The number of carboxylic acid groups (broad SMARTS) is 1. The highest BCUT2D eigenvalue weighted by molar-refractivity contribution is 5.85. The number of carboxylic acids is 1. The molecule has 0 saturated heterocycles. The van der Waals surface area contributed by atoms with Crippen molar-refractivity contribution in [2.75, 3.05) is 11.4 Å². The lowest BCUT2D eigenvalue weighted by Crippen LogP contribution is -2.30. The van der Waals surface area contributed by atoms with Crippen molar-refractivity contribution in [3.63, 3.8) is 0 Å². The molecule has 19 heavy (non-hydrogen) atoms. The molecule has 1 rings (SSSR count). The number of anilines is 1. The van der Waals surface area contributed by atoms with E-state index in [2.05, 4.69) is 6.58 Å². The minimum atomic E-state index is -1.06. The largest absolute Gasteiger partial charge is 0.478 e. The normalized spacial score (nSPS) is 10.9. The van der Waals surface area contributed by atoms with Gasteiger partial charge in [-0.05, 0) is 43.7 Å². The summed E-state index contributed by atoms with van der Waals surface area (Å²) in [6, 6.07) is 4.68. The Labute approximate surface area is 112 Å². The van der Waals surface area contributed by atoms with E-state index >= 15 is 0 Å². The summed E-state index contributed by atoms with van der Waals surface area (Å²) in [5, 5.41) is 8.59. The lowest BCUT2D eigenvalue weighted by Gasteiger charge is -2.28. The Morgan fingerprint density at radius 3 is 2.68 bits per heavy atom. The van der Waals surface area contributed by atoms with Gasteiger partial charge in [-0.2, -0.15) is 0 Å². The van der Waals surface area contributed by atoms with E-state index < -0.39 is 11.8 Å². The van der Waals surface area contributed by atoms with Gasteiger partial charge in [0.05, 0.1) is 0 Å². The van der Waals surface area contributed by atoms with E-state index in [0.717, 1.165) is 6.08 Å². The van der Waals surface area contributed by atoms with Crippen LogP contribution < -0.4 is 4.90 Å². The molecular formula is C15H18FNO2. The third-order valence-electron chi connectivity index (χ3n) is 2.60. The van der Waals surface area contributed by atoms with Crippen LogP contribution in [0.15, 0.2) is 36.9 Å². The molecule has 102 valence electrons. The topological polar surface area (TPSA) is 40.5 Å². The second-order valence-electron chi connectivity index (χ2n) is 4.45. The molecule has 0 spiro atoms. The summed E-state index contributed by atoms with van der Waals surface area (Å²) in [5.41, 5.74) is 1.23. The lowest BCUT2D eigenvalue weighted by molar-refractivity contribution is -0.131. The van der Waals surface area contributed by atoms with Crippen LogP contribution in [0, 0.1) is 5.82 Å². The van der Waals surface area contributed by atoms with Crippen molar-refractivity contribution < 1.29 is 14.3 Å². The second kappa shape index (κ2) is 6.73. The average Bonchev–Trinajstić information content (AvgIpc) is 2.32. The SMILES string of the molecule is C=CCN(c1cc(F)cc(/C=C/C(=O)O)c1)C(C)C. The molecule has 0 aromatic heterocycles. The van der Waals surface area contributed by atoms with Crippen LogP contribution in [-0.4, -0.2) is 23.7 Å². The van der Waals surface area contributed by atoms with E-state index in [0.29, 0.717) is 17.8 Å². The van der Waals surface area contributed by atoms with Crippen LogP contribution in [0.25, 0.3) is 6.08 Å². The Hall–Kier alpha value is -2.10. The maximum Gasteiger partial charge on any atom is 0.328 e. The number of nitrogens with zero attached hydrogens (tertiary/aromatic N) is 1. The molecule has 0 aliphatic heterocycles. The van der Waals surface area contributed by atoms with Gasteiger partial charge in [0.25, 0.3) is 0 Å². The molecule has 0 heterocycles. The van der Waals surface area contributed by atoms with Gasteiger partial charge in [0.15, 0.2) is 0 Å². The predicted molar refractivity (Wildman–Crippen MR) is 75.7 cm³/mol. The molecular weight excluding hydrogens is 245 g/mol. The standard InChI is InChI=1S/C15H18FNO2/c1-4-7-17(11(2)3)14-9-12(5-6-15(18)19)8-13(16)10-14/h4-6,8-11H,1,7H2,2-3H3,(H,18,19)/b6-5+. The molecule has 0 unspecified atom stereocenters. The summed E-state index contributed by atoms with van der Waals surface area (Å²) < 4.78 is 13.6.